The van der Waals surface area contributed by atoms with Gasteiger partial charge in [-0.1, -0.05) is 29.8 Å². The van der Waals surface area contributed by atoms with Gasteiger partial charge in [0.1, 0.15) is 5.52 Å². The molecule has 2 amide bonds. The second-order valence-corrected chi connectivity index (χ2v) is 11.9. The molecule has 1 saturated heterocycles. The monoisotopic (exact) mass is 522 g/mol. The van der Waals surface area contributed by atoms with E-state index in [4.69, 9.17) is 0 Å². The zero-order chi connectivity index (χ0) is 26.5. The fourth-order valence-corrected chi connectivity index (χ4v) is 5.69. The van der Waals surface area contributed by atoms with E-state index in [1.807, 2.05) is 37.3 Å². The molecule has 9 nitrogen and oxygen atoms in total. The van der Waals surface area contributed by atoms with Gasteiger partial charge in [-0.3, -0.25) is 18.9 Å². The molecule has 2 aliphatic rings. The molecule has 0 unspecified atom stereocenters. The van der Waals surface area contributed by atoms with E-state index in [0.29, 0.717) is 49.1 Å². The third-order valence-electron chi connectivity index (χ3n) is 7.25. The van der Waals surface area contributed by atoms with E-state index in [9.17, 15) is 23.1 Å². The Morgan fingerprint density at radius 3 is 2.43 bits per heavy atom. The van der Waals surface area contributed by atoms with E-state index in [-0.39, 0.29) is 29.3 Å². The standard InChI is InChI=1S/C27H30N4O5S/c1-17-6-8-18(9-7-17)13-19-14-20-24(28-15-19)26(33)23-21(25(20)29(2)37(3,35)36)16-31(27(23)34)12-11-30-10-4-5-22(30)32/h6-9,14-15,33H,4-5,10-13,16H2,1-3H3. The van der Waals surface area contributed by atoms with Crippen LogP contribution in [0.3, 0.4) is 0 Å². The lowest BCUT2D eigenvalue weighted by atomic mass is 9.98. The molecule has 0 aliphatic carbocycles. The third-order valence-corrected chi connectivity index (χ3v) is 8.43. The molecule has 2 aliphatic heterocycles. The van der Waals surface area contributed by atoms with E-state index < -0.39 is 15.9 Å². The van der Waals surface area contributed by atoms with Crippen molar-refractivity contribution in [3.05, 3.63) is 64.3 Å². The number of amides is 2. The summed E-state index contributed by atoms with van der Waals surface area (Å²) < 4.78 is 26.5. The zero-order valence-corrected chi connectivity index (χ0v) is 22.0. The largest absolute Gasteiger partial charge is 0.505 e. The van der Waals surface area contributed by atoms with Crippen LogP contribution in [0.15, 0.2) is 36.5 Å². The first kappa shape index (κ1) is 25.0. The van der Waals surface area contributed by atoms with Gasteiger partial charge in [0.15, 0.2) is 5.75 Å². The number of likely N-dealkylation sites (tertiary alicyclic amines) is 1. The van der Waals surface area contributed by atoms with Gasteiger partial charge >= 0.3 is 0 Å². The highest BCUT2D eigenvalue weighted by atomic mass is 32.2. The van der Waals surface area contributed by atoms with Gasteiger partial charge in [-0.2, -0.15) is 0 Å². The lowest BCUT2D eigenvalue weighted by Gasteiger charge is -2.23. The highest BCUT2D eigenvalue weighted by molar-refractivity contribution is 7.92. The molecule has 3 heterocycles. The fraction of sp³-hybridized carbons (Fsp3) is 0.370. The van der Waals surface area contributed by atoms with Gasteiger partial charge in [0, 0.05) is 56.8 Å². The number of fused-ring (bicyclic) bond motifs is 2. The number of phenols is 1. The van der Waals surface area contributed by atoms with Crippen LogP contribution in [0.1, 0.15) is 45.5 Å². The Labute approximate surface area is 216 Å². The van der Waals surface area contributed by atoms with Crippen LogP contribution >= 0.6 is 0 Å². The number of anilines is 1. The molecule has 2 aromatic carbocycles. The van der Waals surface area contributed by atoms with Crippen LogP contribution in [0.4, 0.5) is 5.69 Å². The van der Waals surface area contributed by atoms with Crippen molar-refractivity contribution in [2.24, 2.45) is 0 Å². The molecule has 0 spiro atoms. The Balaban J connectivity index is 1.58. The minimum Gasteiger partial charge on any atom is -0.505 e. The van der Waals surface area contributed by atoms with Crippen molar-refractivity contribution >= 4 is 38.4 Å². The molecule has 0 saturated carbocycles. The van der Waals surface area contributed by atoms with Gasteiger partial charge in [0.2, 0.25) is 15.9 Å². The average molecular weight is 523 g/mol. The molecule has 1 N–H and O–H groups in total. The SMILES string of the molecule is Cc1ccc(Cc2cnc3c(O)c4c(c(N(C)S(C)(=O)=O)c3c2)CN(CCN2CCCC2=O)C4=O)cc1. The van der Waals surface area contributed by atoms with Crippen LogP contribution in [0, 0.1) is 6.92 Å². The van der Waals surface area contributed by atoms with Gasteiger partial charge in [0.05, 0.1) is 17.5 Å². The summed E-state index contributed by atoms with van der Waals surface area (Å²) in [6.45, 7) is 3.51. The highest BCUT2D eigenvalue weighted by Gasteiger charge is 2.37. The van der Waals surface area contributed by atoms with E-state index in [2.05, 4.69) is 4.98 Å². The molecule has 10 heteroatoms. The normalized spacial score (nSPS) is 15.6. The average Bonchev–Trinajstić information content (AvgIpc) is 3.41. The number of pyridine rings is 1. The second kappa shape index (κ2) is 9.33. The summed E-state index contributed by atoms with van der Waals surface area (Å²) in [5.74, 6) is -0.572. The number of hydrogen-bond donors (Lipinski definition) is 1. The molecule has 0 bridgehead atoms. The quantitative estimate of drug-likeness (QED) is 0.511. The molecular weight excluding hydrogens is 492 g/mol. The van der Waals surface area contributed by atoms with Crippen LogP contribution in [-0.4, -0.2) is 73.1 Å². The minimum absolute atomic E-state index is 0.0700. The number of aromatic nitrogens is 1. The lowest BCUT2D eigenvalue weighted by Crippen LogP contribution is -2.36. The summed E-state index contributed by atoms with van der Waals surface area (Å²) in [6, 6.07) is 9.97. The lowest BCUT2D eigenvalue weighted by molar-refractivity contribution is -0.127. The van der Waals surface area contributed by atoms with Crippen molar-refractivity contribution in [2.45, 2.75) is 32.7 Å². The summed E-state index contributed by atoms with van der Waals surface area (Å²) >= 11 is 0. The molecule has 5 rings (SSSR count). The molecule has 37 heavy (non-hydrogen) atoms. The van der Waals surface area contributed by atoms with Crippen molar-refractivity contribution in [3.63, 3.8) is 0 Å². The summed E-state index contributed by atoms with van der Waals surface area (Å²) in [5, 5.41) is 11.6. The number of sulfonamides is 1. The number of benzene rings is 2. The number of phenolic OH excluding ortho intramolecular Hbond substituents is 1. The Kier molecular flexibility index (Phi) is 6.31. The van der Waals surface area contributed by atoms with E-state index in [1.165, 1.54) is 7.05 Å². The maximum Gasteiger partial charge on any atom is 0.258 e. The van der Waals surface area contributed by atoms with E-state index >= 15 is 0 Å². The Morgan fingerprint density at radius 1 is 1.08 bits per heavy atom. The van der Waals surface area contributed by atoms with E-state index in [0.717, 1.165) is 33.7 Å². The third kappa shape index (κ3) is 4.61. The van der Waals surface area contributed by atoms with Crippen molar-refractivity contribution in [1.82, 2.24) is 14.8 Å². The molecule has 0 radical (unpaired) electrons. The summed E-state index contributed by atoms with van der Waals surface area (Å²) in [4.78, 5) is 33.2. The second-order valence-electron chi connectivity index (χ2n) is 9.89. The first-order chi connectivity index (χ1) is 17.5. The maximum absolute atomic E-state index is 13.4. The number of carbonyl (C=O) groups is 2. The first-order valence-electron chi connectivity index (χ1n) is 12.3. The van der Waals surface area contributed by atoms with Crippen molar-refractivity contribution < 1.29 is 23.1 Å². The van der Waals surface area contributed by atoms with Crippen LogP contribution in [0.5, 0.6) is 5.75 Å². The molecule has 0 atom stereocenters. The maximum atomic E-state index is 13.4. The predicted molar refractivity (Wildman–Crippen MR) is 141 cm³/mol. The van der Waals surface area contributed by atoms with Crippen molar-refractivity contribution in [2.75, 3.05) is 37.2 Å². The highest BCUT2D eigenvalue weighted by Crippen LogP contribution is 2.44. The first-order valence-corrected chi connectivity index (χ1v) is 14.1. The van der Waals surface area contributed by atoms with Crippen LogP contribution in [-0.2, 0) is 27.8 Å². The summed E-state index contributed by atoms with van der Waals surface area (Å²) in [5.41, 5.74) is 4.13. The summed E-state index contributed by atoms with van der Waals surface area (Å²) in [6.07, 6.45) is 4.65. The number of rotatable bonds is 7. The Morgan fingerprint density at radius 2 is 1.78 bits per heavy atom. The van der Waals surface area contributed by atoms with E-state index in [1.54, 1.807) is 16.0 Å². The van der Waals surface area contributed by atoms with Gasteiger partial charge in [-0.25, -0.2) is 8.42 Å². The number of carbonyl (C=O) groups excluding carboxylic acids is 2. The van der Waals surface area contributed by atoms with Gasteiger partial charge in [0.25, 0.3) is 5.91 Å². The van der Waals surface area contributed by atoms with Gasteiger partial charge < -0.3 is 14.9 Å². The zero-order valence-electron chi connectivity index (χ0n) is 21.2. The fourth-order valence-electron chi connectivity index (χ4n) is 5.15. The van der Waals surface area contributed by atoms with Gasteiger partial charge in [-0.05, 0) is 37.0 Å². The number of nitrogens with zero attached hydrogens (tertiary/aromatic N) is 4. The Hall–Kier alpha value is -3.66. The number of aromatic hydroxyl groups is 1. The van der Waals surface area contributed by atoms with Crippen molar-refractivity contribution in [3.8, 4) is 5.75 Å². The molecule has 1 fully saturated rings. The molecule has 1 aromatic heterocycles. The molecular formula is C27H30N4O5S. The molecule has 3 aromatic rings. The van der Waals surface area contributed by atoms with Crippen molar-refractivity contribution in [1.29, 1.82) is 0 Å². The predicted octanol–water partition coefficient (Wildman–Crippen LogP) is 2.81. The van der Waals surface area contributed by atoms with Gasteiger partial charge in [-0.15, -0.1) is 0 Å². The van der Waals surface area contributed by atoms with Crippen LogP contribution in [0.2, 0.25) is 0 Å². The smallest absolute Gasteiger partial charge is 0.258 e. The number of hydrogen-bond acceptors (Lipinski definition) is 6. The topological polar surface area (TPSA) is 111 Å². The van der Waals surface area contributed by atoms with Crippen LogP contribution in [0.25, 0.3) is 10.9 Å². The molecule has 194 valence electrons. The Bertz CT molecular complexity index is 1520. The summed E-state index contributed by atoms with van der Waals surface area (Å²) in [7, 11) is -2.24. The minimum atomic E-state index is -3.68. The number of aryl methyl sites for hydroxylation is 1. The van der Waals surface area contributed by atoms with Crippen LogP contribution < -0.4 is 4.31 Å².